The summed E-state index contributed by atoms with van der Waals surface area (Å²) in [4.78, 5) is 0. The van der Waals surface area contributed by atoms with Gasteiger partial charge in [-0.2, -0.15) is 0 Å². The molecule has 0 aliphatic heterocycles. The molecule has 2 heteroatoms. The van der Waals surface area contributed by atoms with Gasteiger partial charge in [-0.25, -0.2) is 0 Å². The van der Waals surface area contributed by atoms with E-state index in [1.54, 1.807) is 6.26 Å². The molecule has 0 fully saturated rings. The zero-order chi connectivity index (χ0) is 10.4. The minimum atomic E-state index is 0.511. The van der Waals surface area contributed by atoms with Crippen molar-refractivity contribution in [1.82, 2.24) is 0 Å². The van der Waals surface area contributed by atoms with E-state index in [4.69, 9.17) is 10.2 Å². The molecule has 0 amide bonds. The Morgan fingerprint density at radius 3 is 2.57 bits per heavy atom. The van der Waals surface area contributed by atoms with Gasteiger partial charge in [0.05, 0.1) is 6.26 Å². The summed E-state index contributed by atoms with van der Waals surface area (Å²) in [5.74, 6) is 2.36. The van der Waals surface area contributed by atoms with Crippen LogP contribution < -0.4 is 5.73 Å². The van der Waals surface area contributed by atoms with Crippen molar-refractivity contribution < 1.29 is 4.42 Å². The molecule has 1 heterocycles. The maximum Gasteiger partial charge on any atom is 0.106 e. The van der Waals surface area contributed by atoms with E-state index in [0.29, 0.717) is 5.92 Å². The lowest BCUT2D eigenvalue weighted by Gasteiger charge is -2.14. The normalized spacial score (nSPS) is 13.4. The first-order valence-corrected chi connectivity index (χ1v) is 5.47. The van der Waals surface area contributed by atoms with Crippen LogP contribution in [-0.2, 0) is 0 Å². The Balaban J connectivity index is 2.47. The van der Waals surface area contributed by atoms with Gasteiger partial charge in [-0.3, -0.25) is 0 Å². The summed E-state index contributed by atoms with van der Waals surface area (Å²) in [6.07, 6.45) is 5.20. The highest BCUT2D eigenvalue weighted by molar-refractivity contribution is 5.05. The molecule has 1 aromatic heterocycles. The van der Waals surface area contributed by atoms with Crippen LogP contribution in [0.3, 0.4) is 0 Å². The SMILES string of the molecule is CC(C)CC[C@@H](CCN)c1ccco1. The molecular weight excluding hydrogens is 174 g/mol. The highest BCUT2D eigenvalue weighted by atomic mass is 16.3. The summed E-state index contributed by atoms with van der Waals surface area (Å²) < 4.78 is 5.42. The summed E-state index contributed by atoms with van der Waals surface area (Å²) >= 11 is 0. The molecule has 1 aromatic rings. The van der Waals surface area contributed by atoms with Crippen molar-refractivity contribution in [2.75, 3.05) is 6.54 Å². The van der Waals surface area contributed by atoms with E-state index in [9.17, 15) is 0 Å². The van der Waals surface area contributed by atoms with Crippen LogP contribution in [0.4, 0.5) is 0 Å². The Kier molecular flexibility index (Phi) is 4.74. The maximum absolute atomic E-state index is 5.60. The van der Waals surface area contributed by atoms with Gasteiger partial charge in [0.2, 0.25) is 0 Å². The first-order valence-electron chi connectivity index (χ1n) is 5.47. The average Bonchev–Trinajstić information content (AvgIpc) is 2.64. The topological polar surface area (TPSA) is 39.2 Å². The summed E-state index contributed by atoms with van der Waals surface area (Å²) in [6.45, 7) is 5.24. The molecule has 14 heavy (non-hydrogen) atoms. The molecule has 2 N–H and O–H groups in total. The van der Waals surface area contributed by atoms with E-state index in [-0.39, 0.29) is 0 Å². The lowest BCUT2D eigenvalue weighted by atomic mass is 9.93. The molecule has 1 atom stereocenters. The molecule has 0 radical (unpaired) electrons. The number of hydrogen-bond acceptors (Lipinski definition) is 2. The fraction of sp³-hybridized carbons (Fsp3) is 0.667. The number of rotatable bonds is 6. The Morgan fingerprint density at radius 1 is 1.29 bits per heavy atom. The first-order chi connectivity index (χ1) is 6.74. The van der Waals surface area contributed by atoms with E-state index in [1.165, 1.54) is 12.8 Å². The number of furan rings is 1. The summed E-state index contributed by atoms with van der Waals surface area (Å²) in [7, 11) is 0. The number of nitrogens with two attached hydrogens (primary N) is 1. The second-order valence-corrected chi connectivity index (χ2v) is 4.26. The van der Waals surface area contributed by atoms with E-state index in [0.717, 1.165) is 24.6 Å². The standard InChI is InChI=1S/C12H21NO/c1-10(2)5-6-11(7-8-13)12-4-3-9-14-12/h3-4,9-11H,5-8,13H2,1-2H3/t11-/m0/s1. The van der Waals surface area contributed by atoms with Crippen molar-refractivity contribution in [2.24, 2.45) is 11.7 Å². The van der Waals surface area contributed by atoms with Crippen LogP contribution >= 0.6 is 0 Å². The highest BCUT2D eigenvalue weighted by Gasteiger charge is 2.13. The second kappa shape index (κ2) is 5.86. The van der Waals surface area contributed by atoms with Gasteiger partial charge in [0, 0.05) is 5.92 Å². The fourth-order valence-corrected chi connectivity index (χ4v) is 1.69. The van der Waals surface area contributed by atoms with Gasteiger partial charge < -0.3 is 10.2 Å². The van der Waals surface area contributed by atoms with Crippen molar-refractivity contribution in [2.45, 2.75) is 39.0 Å². The zero-order valence-electron chi connectivity index (χ0n) is 9.20. The van der Waals surface area contributed by atoms with Crippen molar-refractivity contribution in [1.29, 1.82) is 0 Å². The Bertz CT molecular complexity index is 228. The largest absolute Gasteiger partial charge is 0.469 e. The molecule has 80 valence electrons. The third-order valence-corrected chi connectivity index (χ3v) is 2.55. The van der Waals surface area contributed by atoms with Gasteiger partial charge in [0.1, 0.15) is 5.76 Å². The smallest absolute Gasteiger partial charge is 0.106 e. The van der Waals surface area contributed by atoms with Gasteiger partial charge in [-0.1, -0.05) is 20.3 Å². The van der Waals surface area contributed by atoms with Gasteiger partial charge in [-0.15, -0.1) is 0 Å². The van der Waals surface area contributed by atoms with Crippen molar-refractivity contribution in [3.8, 4) is 0 Å². The van der Waals surface area contributed by atoms with Crippen LogP contribution in [0.25, 0.3) is 0 Å². The number of hydrogen-bond donors (Lipinski definition) is 1. The van der Waals surface area contributed by atoms with Crippen LogP contribution in [0.1, 0.15) is 44.8 Å². The Morgan fingerprint density at radius 2 is 2.07 bits per heavy atom. The van der Waals surface area contributed by atoms with Crippen molar-refractivity contribution in [3.05, 3.63) is 24.2 Å². The second-order valence-electron chi connectivity index (χ2n) is 4.26. The highest BCUT2D eigenvalue weighted by Crippen LogP contribution is 2.26. The summed E-state index contributed by atoms with van der Waals surface area (Å²) in [6, 6.07) is 4.01. The zero-order valence-corrected chi connectivity index (χ0v) is 9.20. The Labute approximate surface area is 86.5 Å². The minimum absolute atomic E-state index is 0.511. The maximum atomic E-state index is 5.60. The van der Waals surface area contributed by atoms with E-state index in [1.807, 2.05) is 6.07 Å². The molecule has 0 bridgehead atoms. The average molecular weight is 195 g/mol. The van der Waals surface area contributed by atoms with Crippen LogP contribution in [0.15, 0.2) is 22.8 Å². The molecule has 0 aliphatic rings. The van der Waals surface area contributed by atoms with Gasteiger partial charge in [0.15, 0.2) is 0 Å². The van der Waals surface area contributed by atoms with E-state index in [2.05, 4.69) is 19.9 Å². The van der Waals surface area contributed by atoms with Crippen LogP contribution in [-0.4, -0.2) is 6.54 Å². The van der Waals surface area contributed by atoms with Crippen LogP contribution in [0.2, 0.25) is 0 Å². The van der Waals surface area contributed by atoms with E-state index >= 15 is 0 Å². The van der Waals surface area contributed by atoms with Gasteiger partial charge in [0.25, 0.3) is 0 Å². The third kappa shape index (κ3) is 3.54. The monoisotopic (exact) mass is 195 g/mol. The summed E-state index contributed by atoms with van der Waals surface area (Å²) in [5, 5.41) is 0. The predicted octanol–water partition coefficient (Wildman–Crippen LogP) is 3.15. The minimum Gasteiger partial charge on any atom is -0.469 e. The lowest BCUT2D eigenvalue weighted by molar-refractivity contribution is 0.406. The molecule has 0 aliphatic carbocycles. The van der Waals surface area contributed by atoms with Crippen molar-refractivity contribution >= 4 is 0 Å². The molecule has 0 aromatic carbocycles. The lowest BCUT2D eigenvalue weighted by Crippen LogP contribution is -2.07. The third-order valence-electron chi connectivity index (χ3n) is 2.55. The van der Waals surface area contributed by atoms with Crippen LogP contribution in [0, 0.1) is 5.92 Å². The quantitative estimate of drug-likeness (QED) is 0.757. The molecule has 0 saturated heterocycles. The molecule has 1 rings (SSSR count). The molecule has 0 spiro atoms. The molecule has 2 nitrogen and oxygen atoms in total. The van der Waals surface area contributed by atoms with Crippen molar-refractivity contribution in [3.63, 3.8) is 0 Å². The predicted molar refractivity (Wildman–Crippen MR) is 59.2 cm³/mol. The first kappa shape index (κ1) is 11.3. The van der Waals surface area contributed by atoms with Crippen LogP contribution in [0.5, 0.6) is 0 Å². The fourth-order valence-electron chi connectivity index (χ4n) is 1.69. The molecule has 0 unspecified atom stereocenters. The molecule has 0 saturated carbocycles. The van der Waals surface area contributed by atoms with Gasteiger partial charge in [-0.05, 0) is 37.4 Å². The van der Waals surface area contributed by atoms with Gasteiger partial charge >= 0.3 is 0 Å². The van der Waals surface area contributed by atoms with E-state index < -0.39 is 0 Å². The molecular formula is C12H21NO. The Hall–Kier alpha value is -0.760. The summed E-state index contributed by atoms with van der Waals surface area (Å²) in [5.41, 5.74) is 5.60.